The lowest BCUT2D eigenvalue weighted by molar-refractivity contribution is 0.139. The summed E-state index contributed by atoms with van der Waals surface area (Å²) in [6, 6.07) is 15.9. The molecule has 0 amide bonds. The first-order valence-electron chi connectivity index (χ1n) is 8.44. The van der Waals surface area contributed by atoms with Crippen molar-refractivity contribution in [2.24, 2.45) is 0 Å². The molecule has 0 radical (unpaired) electrons. The van der Waals surface area contributed by atoms with E-state index in [9.17, 15) is 16.8 Å². The van der Waals surface area contributed by atoms with Gasteiger partial charge in [-0.1, -0.05) is 36.4 Å². The molecule has 1 fully saturated rings. The molecule has 2 aromatic rings. The maximum absolute atomic E-state index is 12.9. The third-order valence-electron chi connectivity index (χ3n) is 4.26. The van der Waals surface area contributed by atoms with Crippen LogP contribution in [0.2, 0.25) is 13.1 Å². The SMILES string of the molecule is C[Si]1(C)OCC(CS(=O)(=O)c2ccccc2)(CS(=O)(=O)c2ccccc2)O1. The predicted molar refractivity (Wildman–Crippen MR) is 104 cm³/mol. The van der Waals surface area contributed by atoms with E-state index in [-0.39, 0.29) is 16.4 Å². The largest absolute Gasteiger partial charge is 0.391 e. The second-order valence-corrected chi connectivity index (χ2v) is 14.4. The minimum Gasteiger partial charge on any atom is -0.391 e. The first kappa shape index (κ1) is 20.2. The van der Waals surface area contributed by atoms with Crippen molar-refractivity contribution in [3.05, 3.63) is 60.7 Å². The quantitative estimate of drug-likeness (QED) is 0.660. The molecule has 0 aliphatic carbocycles. The summed E-state index contributed by atoms with van der Waals surface area (Å²) in [4.78, 5) is 0.271. The third-order valence-corrected chi connectivity index (χ3v) is 9.81. The first-order valence-corrected chi connectivity index (χ1v) is 14.6. The molecule has 27 heavy (non-hydrogen) atoms. The maximum atomic E-state index is 12.9. The Hall–Kier alpha value is -1.52. The zero-order valence-electron chi connectivity index (χ0n) is 15.2. The summed E-state index contributed by atoms with van der Waals surface area (Å²) in [6.07, 6.45) is 0. The Balaban J connectivity index is 1.97. The lowest BCUT2D eigenvalue weighted by Crippen LogP contribution is -2.48. The molecule has 0 N–H and O–H groups in total. The molecule has 3 rings (SSSR count). The summed E-state index contributed by atoms with van der Waals surface area (Å²) in [5.74, 6) is -0.904. The van der Waals surface area contributed by atoms with E-state index < -0.39 is 45.3 Å². The van der Waals surface area contributed by atoms with Crippen molar-refractivity contribution in [3.8, 4) is 0 Å². The van der Waals surface area contributed by atoms with Gasteiger partial charge in [0.05, 0.1) is 27.9 Å². The van der Waals surface area contributed by atoms with Gasteiger partial charge in [-0.15, -0.1) is 0 Å². The van der Waals surface area contributed by atoms with E-state index in [1.807, 2.05) is 0 Å². The minimum absolute atomic E-state index is 0.0651. The van der Waals surface area contributed by atoms with E-state index in [4.69, 9.17) is 8.85 Å². The molecule has 1 heterocycles. The van der Waals surface area contributed by atoms with Gasteiger partial charge in [-0.05, 0) is 37.4 Å². The standard InChI is InChI=1S/C18H22O6S2Si/c1-27(2)23-13-18(24-27,14-25(19,20)16-9-5-3-6-10-16)15-26(21,22)17-11-7-4-8-12-17/h3-12H,13-15H2,1-2H3. The molecule has 6 nitrogen and oxygen atoms in total. The average molecular weight is 427 g/mol. The van der Waals surface area contributed by atoms with Gasteiger partial charge in [-0.2, -0.15) is 0 Å². The van der Waals surface area contributed by atoms with Crippen molar-refractivity contribution >= 4 is 28.2 Å². The second kappa shape index (κ2) is 7.14. The molecule has 1 saturated heterocycles. The van der Waals surface area contributed by atoms with Crippen LogP contribution < -0.4 is 0 Å². The van der Waals surface area contributed by atoms with Crippen LogP contribution >= 0.6 is 0 Å². The van der Waals surface area contributed by atoms with E-state index >= 15 is 0 Å². The fraction of sp³-hybridized carbons (Fsp3) is 0.333. The highest BCUT2D eigenvalue weighted by Crippen LogP contribution is 2.34. The Kier molecular flexibility index (Phi) is 5.34. The first-order chi connectivity index (χ1) is 12.5. The predicted octanol–water partition coefficient (Wildman–Crippen LogP) is 2.42. The highest BCUT2D eigenvalue weighted by molar-refractivity contribution is 7.92. The van der Waals surface area contributed by atoms with Gasteiger partial charge in [0.2, 0.25) is 0 Å². The summed E-state index contributed by atoms with van der Waals surface area (Å²) >= 11 is 0. The lowest BCUT2D eigenvalue weighted by atomic mass is 10.1. The molecule has 0 spiro atoms. The van der Waals surface area contributed by atoms with Crippen LogP contribution in [0.15, 0.2) is 70.5 Å². The summed E-state index contributed by atoms with van der Waals surface area (Å²) in [5, 5.41) is 0. The fourth-order valence-corrected chi connectivity index (χ4v) is 8.79. The zero-order chi connectivity index (χ0) is 19.8. The van der Waals surface area contributed by atoms with Gasteiger partial charge in [0.15, 0.2) is 19.7 Å². The van der Waals surface area contributed by atoms with Crippen LogP contribution in [0.5, 0.6) is 0 Å². The topological polar surface area (TPSA) is 86.7 Å². The maximum Gasteiger partial charge on any atom is 0.332 e. The van der Waals surface area contributed by atoms with E-state index in [0.717, 1.165) is 0 Å². The van der Waals surface area contributed by atoms with Crippen LogP contribution in [0.4, 0.5) is 0 Å². The van der Waals surface area contributed by atoms with Crippen molar-refractivity contribution in [2.75, 3.05) is 18.1 Å². The van der Waals surface area contributed by atoms with E-state index in [0.29, 0.717) is 0 Å². The highest BCUT2D eigenvalue weighted by Gasteiger charge is 2.52. The van der Waals surface area contributed by atoms with E-state index in [1.54, 1.807) is 49.5 Å². The summed E-state index contributed by atoms with van der Waals surface area (Å²) in [7, 11) is -10.1. The van der Waals surface area contributed by atoms with Gasteiger partial charge in [-0.25, -0.2) is 16.8 Å². The van der Waals surface area contributed by atoms with Crippen LogP contribution in [0.1, 0.15) is 0 Å². The number of benzene rings is 2. The Morgan fingerprint density at radius 3 is 1.56 bits per heavy atom. The number of hydrogen-bond donors (Lipinski definition) is 0. The summed E-state index contributed by atoms with van der Waals surface area (Å²) in [5.41, 5.74) is -1.43. The molecule has 0 saturated carbocycles. The third kappa shape index (κ3) is 4.67. The smallest absolute Gasteiger partial charge is 0.332 e. The van der Waals surface area contributed by atoms with Gasteiger partial charge in [0.25, 0.3) is 0 Å². The Morgan fingerprint density at radius 1 is 0.815 bits per heavy atom. The normalized spacial score (nSPS) is 19.0. The molecular weight excluding hydrogens is 404 g/mol. The number of hydrogen-bond acceptors (Lipinski definition) is 6. The van der Waals surface area contributed by atoms with Gasteiger partial charge < -0.3 is 8.85 Å². The van der Waals surface area contributed by atoms with E-state index in [1.165, 1.54) is 24.3 Å². The van der Waals surface area contributed by atoms with Gasteiger partial charge in [0.1, 0.15) is 5.60 Å². The number of rotatable bonds is 6. The van der Waals surface area contributed by atoms with Crippen molar-refractivity contribution in [3.63, 3.8) is 0 Å². The van der Waals surface area contributed by atoms with E-state index in [2.05, 4.69) is 0 Å². The van der Waals surface area contributed by atoms with Crippen molar-refractivity contribution in [1.29, 1.82) is 0 Å². The molecular formula is C18H22O6S2Si. The fourth-order valence-electron chi connectivity index (χ4n) is 3.18. The van der Waals surface area contributed by atoms with Crippen LogP contribution in [-0.4, -0.2) is 49.1 Å². The molecule has 0 unspecified atom stereocenters. The molecule has 1 aliphatic rings. The van der Waals surface area contributed by atoms with Gasteiger partial charge in [-0.3, -0.25) is 0 Å². The molecule has 0 aromatic heterocycles. The van der Waals surface area contributed by atoms with Crippen LogP contribution in [0.3, 0.4) is 0 Å². The molecule has 2 aromatic carbocycles. The number of sulfone groups is 2. The molecule has 9 heteroatoms. The van der Waals surface area contributed by atoms with Crippen molar-refractivity contribution < 1.29 is 25.7 Å². The average Bonchev–Trinajstić information content (AvgIpc) is 2.89. The Morgan fingerprint density at radius 2 is 1.22 bits per heavy atom. The van der Waals surface area contributed by atoms with Crippen LogP contribution in [0.25, 0.3) is 0 Å². The molecule has 146 valence electrons. The molecule has 1 aliphatic heterocycles. The van der Waals surface area contributed by atoms with Crippen LogP contribution in [-0.2, 0) is 28.5 Å². The second-order valence-electron chi connectivity index (χ2n) is 7.12. The molecule has 0 atom stereocenters. The minimum atomic E-state index is -3.75. The Labute approximate surface area is 161 Å². The lowest BCUT2D eigenvalue weighted by Gasteiger charge is -2.29. The molecule has 0 bridgehead atoms. The highest BCUT2D eigenvalue weighted by atomic mass is 32.2. The van der Waals surface area contributed by atoms with Gasteiger partial charge in [0, 0.05) is 0 Å². The van der Waals surface area contributed by atoms with Gasteiger partial charge >= 0.3 is 8.56 Å². The Bertz CT molecular complexity index is 931. The van der Waals surface area contributed by atoms with Crippen LogP contribution in [0, 0.1) is 0 Å². The summed E-state index contributed by atoms with van der Waals surface area (Å²) in [6.45, 7) is 3.49. The van der Waals surface area contributed by atoms with Crippen molar-refractivity contribution in [1.82, 2.24) is 0 Å². The summed E-state index contributed by atoms with van der Waals surface area (Å²) < 4.78 is 63.4. The monoisotopic (exact) mass is 426 g/mol. The van der Waals surface area contributed by atoms with Crippen molar-refractivity contribution in [2.45, 2.75) is 28.5 Å². The zero-order valence-corrected chi connectivity index (χ0v) is 17.8.